The fraction of sp³-hybridized carbons (Fsp3) is 0.625. The Morgan fingerprint density at radius 1 is 1.25 bits per heavy atom. The summed E-state index contributed by atoms with van der Waals surface area (Å²) in [5.74, 6) is 0.216. The van der Waals surface area contributed by atoms with Crippen molar-refractivity contribution in [2.45, 2.75) is 32.5 Å². The van der Waals surface area contributed by atoms with Gasteiger partial charge in [0.2, 0.25) is 11.9 Å². The number of likely N-dealkylation sites (N-methyl/N-ethyl adjacent to an activating group) is 1. The molecule has 0 atom stereocenters. The van der Waals surface area contributed by atoms with Gasteiger partial charge in [0, 0.05) is 38.9 Å². The van der Waals surface area contributed by atoms with Gasteiger partial charge in [-0.15, -0.1) is 24.0 Å². The van der Waals surface area contributed by atoms with Crippen LogP contribution in [0, 0.1) is 0 Å². The van der Waals surface area contributed by atoms with Gasteiger partial charge in [0.25, 0.3) is 0 Å². The molecule has 0 fully saturated rings. The molecule has 0 aliphatic rings. The molecular formula is C16H27F3IN7O. The van der Waals surface area contributed by atoms with E-state index in [1.807, 2.05) is 20.8 Å². The minimum Gasteiger partial charge on any atom is -0.354 e. The summed E-state index contributed by atoms with van der Waals surface area (Å²) in [6.07, 6.45) is -3.47. The topological polar surface area (TPSA) is 94.5 Å². The lowest BCUT2D eigenvalue weighted by atomic mass is 10.1. The molecule has 1 rings (SSSR count). The van der Waals surface area contributed by atoms with E-state index < -0.39 is 11.9 Å². The summed E-state index contributed by atoms with van der Waals surface area (Å²) in [5.41, 5.74) is -1.34. The fourth-order valence-corrected chi connectivity index (χ4v) is 2.08. The van der Waals surface area contributed by atoms with E-state index in [2.05, 4.69) is 30.9 Å². The number of aliphatic imine (C=N–C) groups is 1. The third kappa shape index (κ3) is 9.90. The molecule has 1 heterocycles. The van der Waals surface area contributed by atoms with Crippen LogP contribution >= 0.6 is 24.0 Å². The number of guanidine groups is 1. The summed E-state index contributed by atoms with van der Waals surface area (Å²) in [7, 11) is 3.28. The zero-order valence-corrected chi connectivity index (χ0v) is 18.8. The van der Waals surface area contributed by atoms with Crippen LogP contribution < -0.4 is 16.0 Å². The largest absolute Gasteiger partial charge is 0.433 e. The fourth-order valence-electron chi connectivity index (χ4n) is 2.08. The predicted octanol–water partition coefficient (Wildman–Crippen LogP) is 1.95. The molecule has 160 valence electrons. The molecule has 8 nitrogen and oxygen atoms in total. The summed E-state index contributed by atoms with van der Waals surface area (Å²) in [6, 6.07) is 0.808. The van der Waals surface area contributed by atoms with E-state index in [1.165, 1.54) is 0 Å². The van der Waals surface area contributed by atoms with Crippen molar-refractivity contribution in [1.29, 1.82) is 0 Å². The second-order valence-corrected chi connectivity index (χ2v) is 6.82. The van der Waals surface area contributed by atoms with E-state index in [0.717, 1.165) is 12.3 Å². The molecule has 0 aliphatic heterocycles. The van der Waals surface area contributed by atoms with Gasteiger partial charge in [-0.05, 0) is 26.8 Å². The SMILES string of the molecule is CN=C(NCCNc1nccc(C(F)(F)F)n1)N(C)CC(=O)NC(C)(C)C.I. The maximum atomic E-state index is 12.6. The Hall–Kier alpha value is -1.86. The summed E-state index contributed by atoms with van der Waals surface area (Å²) >= 11 is 0. The Morgan fingerprint density at radius 3 is 2.43 bits per heavy atom. The molecule has 0 saturated carbocycles. The zero-order valence-electron chi connectivity index (χ0n) is 16.5. The van der Waals surface area contributed by atoms with Crippen LogP contribution in [-0.2, 0) is 11.0 Å². The number of nitrogens with one attached hydrogen (secondary N) is 3. The first-order valence-electron chi connectivity index (χ1n) is 8.29. The Balaban J connectivity index is 0.00000729. The Labute approximate surface area is 179 Å². The lowest BCUT2D eigenvalue weighted by Crippen LogP contribution is -2.49. The molecule has 0 radical (unpaired) electrons. The first kappa shape index (κ1) is 26.1. The van der Waals surface area contributed by atoms with Crippen molar-refractivity contribution in [3.8, 4) is 0 Å². The van der Waals surface area contributed by atoms with Crippen molar-refractivity contribution in [1.82, 2.24) is 25.5 Å². The quantitative estimate of drug-likeness (QED) is 0.231. The van der Waals surface area contributed by atoms with Gasteiger partial charge >= 0.3 is 6.18 Å². The number of amides is 1. The van der Waals surface area contributed by atoms with Crippen molar-refractivity contribution < 1.29 is 18.0 Å². The van der Waals surface area contributed by atoms with Crippen molar-refractivity contribution >= 4 is 41.8 Å². The smallest absolute Gasteiger partial charge is 0.354 e. The first-order chi connectivity index (χ1) is 12.4. The summed E-state index contributed by atoms with van der Waals surface area (Å²) < 4.78 is 37.9. The van der Waals surface area contributed by atoms with Gasteiger partial charge in [-0.3, -0.25) is 9.79 Å². The van der Waals surface area contributed by atoms with Gasteiger partial charge in [-0.2, -0.15) is 13.2 Å². The lowest BCUT2D eigenvalue weighted by molar-refractivity contribution is -0.141. The molecule has 12 heteroatoms. The maximum absolute atomic E-state index is 12.6. The average Bonchev–Trinajstić information content (AvgIpc) is 2.52. The van der Waals surface area contributed by atoms with Crippen molar-refractivity contribution in [2.24, 2.45) is 4.99 Å². The normalized spacial score (nSPS) is 12.1. The number of nitrogens with zero attached hydrogens (tertiary/aromatic N) is 4. The monoisotopic (exact) mass is 517 g/mol. The molecular weight excluding hydrogens is 490 g/mol. The van der Waals surface area contributed by atoms with Crippen molar-refractivity contribution in [3.63, 3.8) is 0 Å². The van der Waals surface area contributed by atoms with Gasteiger partial charge in [-0.25, -0.2) is 9.97 Å². The number of hydrogen-bond acceptors (Lipinski definition) is 5. The number of anilines is 1. The molecule has 0 spiro atoms. The van der Waals surface area contributed by atoms with Gasteiger partial charge in [0.15, 0.2) is 5.96 Å². The van der Waals surface area contributed by atoms with E-state index in [-0.39, 0.29) is 54.5 Å². The predicted molar refractivity (Wildman–Crippen MR) is 113 cm³/mol. The van der Waals surface area contributed by atoms with Crippen LogP contribution in [-0.4, -0.2) is 66.0 Å². The summed E-state index contributed by atoms with van der Waals surface area (Å²) in [5, 5.41) is 8.57. The highest BCUT2D eigenvalue weighted by Gasteiger charge is 2.32. The van der Waals surface area contributed by atoms with Crippen molar-refractivity contribution in [2.75, 3.05) is 39.0 Å². The number of carbonyl (C=O) groups excluding carboxylic acids is 1. The van der Waals surface area contributed by atoms with Gasteiger partial charge in [-0.1, -0.05) is 0 Å². The zero-order chi connectivity index (χ0) is 20.7. The highest BCUT2D eigenvalue weighted by molar-refractivity contribution is 14.0. The van der Waals surface area contributed by atoms with Crippen LogP contribution in [0.1, 0.15) is 26.5 Å². The van der Waals surface area contributed by atoms with Crippen molar-refractivity contribution in [3.05, 3.63) is 18.0 Å². The number of rotatable bonds is 6. The molecule has 1 aromatic rings. The first-order valence-corrected chi connectivity index (χ1v) is 8.29. The highest BCUT2D eigenvalue weighted by Crippen LogP contribution is 2.27. The molecule has 3 N–H and O–H groups in total. The van der Waals surface area contributed by atoms with Crippen LogP contribution in [0.15, 0.2) is 17.3 Å². The second kappa shape index (κ2) is 11.2. The van der Waals surface area contributed by atoms with Gasteiger partial charge in [0.1, 0.15) is 5.69 Å². The van der Waals surface area contributed by atoms with Crippen LogP contribution in [0.2, 0.25) is 0 Å². The summed E-state index contributed by atoms with van der Waals surface area (Å²) in [4.78, 5) is 24.8. The minimum absolute atomic E-state index is 0. The standard InChI is InChI=1S/C16H26F3N7O.HI/c1-15(2,3)25-12(27)10-26(5)14(20-4)23-9-8-22-13-21-7-6-11(24-13)16(17,18)19;/h6-7H,8-10H2,1-5H3,(H,20,23)(H,25,27)(H,21,22,24);1H. The number of carbonyl (C=O) groups is 1. The molecule has 0 aromatic carbocycles. The number of halogens is 4. The second-order valence-electron chi connectivity index (χ2n) is 6.82. The molecule has 0 saturated heterocycles. The molecule has 1 amide bonds. The Morgan fingerprint density at radius 2 is 1.89 bits per heavy atom. The van der Waals surface area contributed by atoms with Crippen LogP contribution in [0.5, 0.6) is 0 Å². The summed E-state index contributed by atoms with van der Waals surface area (Å²) in [6.45, 7) is 6.39. The van der Waals surface area contributed by atoms with Crippen LogP contribution in [0.25, 0.3) is 0 Å². The molecule has 1 aromatic heterocycles. The third-order valence-corrected chi connectivity index (χ3v) is 3.11. The van der Waals surface area contributed by atoms with Gasteiger partial charge in [0.05, 0.1) is 6.54 Å². The number of alkyl halides is 3. The molecule has 0 unspecified atom stereocenters. The maximum Gasteiger partial charge on any atom is 0.433 e. The Bertz CT molecular complexity index is 662. The Kier molecular flexibility index (Phi) is 10.5. The van der Waals surface area contributed by atoms with Crippen LogP contribution in [0.4, 0.5) is 19.1 Å². The number of hydrogen-bond donors (Lipinski definition) is 3. The van der Waals surface area contributed by atoms with E-state index >= 15 is 0 Å². The minimum atomic E-state index is -4.52. The molecule has 0 bridgehead atoms. The third-order valence-electron chi connectivity index (χ3n) is 3.11. The highest BCUT2D eigenvalue weighted by atomic mass is 127. The van der Waals surface area contributed by atoms with Gasteiger partial charge < -0.3 is 20.9 Å². The number of aromatic nitrogens is 2. The average molecular weight is 517 g/mol. The molecule has 28 heavy (non-hydrogen) atoms. The van der Waals surface area contributed by atoms with E-state index in [9.17, 15) is 18.0 Å². The lowest BCUT2D eigenvalue weighted by Gasteiger charge is -2.25. The van der Waals surface area contributed by atoms with E-state index in [4.69, 9.17) is 0 Å². The van der Waals surface area contributed by atoms with E-state index in [0.29, 0.717) is 12.5 Å². The molecule has 0 aliphatic carbocycles. The van der Waals surface area contributed by atoms with Crippen LogP contribution in [0.3, 0.4) is 0 Å². The van der Waals surface area contributed by atoms with E-state index in [1.54, 1.807) is 19.0 Å².